The van der Waals surface area contributed by atoms with Crippen LogP contribution < -0.4 is 15.4 Å². The first kappa shape index (κ1) is 23.4. The molecule has 0 saturated carbocycles. The summed E-state index contributed by atoms with van der Waals surface area (Å²) in [6.07, 6.45) is 2.26. The third-order valence-electron chi connectivity index (χ3n) is 5.13. The van der Waals surface area contributed by atoms with Crippen LogP contribution in [-0.2, 0) is 6.54 Å². The highest BCUT2D eigenvalue weighted by molar-refractivity contribution is 14.0. The van der Waals surface area contributed by atoms with E-state index < -0.39 is 0 Å². The molecule has 2 heterocycles. The molecular formula is C20H32IN7O. The Balaban J connectivity index is 0.00000300. The van der Waals surface area contributed by atoms with Crippen LogP contribution in [0.3, 0.4) is 0 Å². The second kappa shape index (κ2) is 11.3. The highest BCUT2D eigenvalue weighted by Gasteiger charge is 2.21. The van der Waals surface area contributed by atoms with Crippen LogP contribution in [0.4, 0.5) is 0 Å². The fourth-order valence-corrected chi connectivity index (χ4v) is 3.36. The zero-order chi connectivity index (χ0) is 19.9. The Bertz CT molecular complexity index is 767. The van der Waals surface area contributed by atoms with Gasteiger partial charge in [-0.15, -0.1) is 24.0 Å². The third-order valence-corrected chi connectivity index (χ3v) is 5.13. The number of ether oxygens (including phenoxy) is 1. The summed E-state index contributed by atoms with van der Waals surface area (Å²) in [5.74, 6) is 3.05. The Morgan fingerprint density at radius 2 is 1.97 bits per heavy atom. The van der Waals surface area contributed by atoms with Gasteiger partial charge in [0.05, 0.1) is 13.7 Å². The topological polar surface area (TPSA) is 90.5 Å². The van der Waals surface area contributed by atoms with Crippen molar-refractivity contribution in [3.8, 4) is 17.1 Å². The number of H-pyrrole nitrogens is 1. The molecule has 0 atom stereocenters. The van der Waals surface area contributed by atoms with E-state index in [9.17, 15) is 0 Å². The lowest BCUT2D eigenvalue weighted by atomic mass is 10.0. The van der Waals surface area contributed by atoms with Crippen LogP contribution in [0.2, 0.25) is 0 Å². The van der Waals surface area contributed by atoms with Gasteiger partial charge in [0.15, 0.2) is 11.8 Å². The molecule has 0 spiro atoms. The summed E-state index contributed by atoms with van der Waals surface area (Å²) in [5.41, 5.74) is 0.947. The van der Waals surface area contributed by atoms with Gasteiger partial charge in [0, 0.05) is 37.8 Å². The Morgan fingerprint density at radius 1 is 1.28 bits per heavy atom. The molecule has 1 fully saturated rings. The number of halogens is 1. The van der Waals surface area contributed by atoms with Gasteiger partial charge in [0.1, 0.15) is 11.6 Å². The predicted molar refractivity (Wildman–Crippen MR) is 127 cm³/mol. The van der Waals surface area contributed by atoms with Gasteiger partial charge in [-0.3, -0.25) is 10.1 Å². The van der Waals surface area contributed by atoms with E-state index in [0.29, 0.717) is 24.5 Å². The highest BCUT2D eigenvalue weighted by atomic mass is 127. The molecule has 29 heavy (non-hydrogen) atoms. The average Bonchev–Trinajstić information content (AvgIpc) is 3.20. The van der Waals surface area contributed by atoms with E-state index in [1.54, 1.807) is 14.2 Å². The minimum Gasteiger partial charge on any atom is -0.497 e. The largest absolute Gasteiger partial charge is 0.497 e. The van der Waals surface area contributed by atoms with Crippen molar-refractivity contribution < 1.29 is 4.74 Å². The van der Waals surface area contributed by atoms with Crippen LogP contribution in [0.1, 0.15) is 32.5 Å². The number of benzene rings is 1. The molecular weight excluding hydrogens is 481 g/mol. The van der Waals surface area contributed by atoms with E-state index in [1.807, 2.05) is 24.3 Å². The van der Waals surface area contributed by atoms with Crippen LogP contribution in [0.5, 0.6) is 5.75 Å². The number of aliphatic imine (C=N–C) groups is 1. The highest BCUT2D eigenvalue weighted by Crippen LogP contribution is 2.19. The number of likely N-dealkylation sites (tertiary alicyclic amines) is 1. The van der Waals surface area contributed by atoms with E-state index in [0.717, 1.165) is 49.0 Å². The Kier molecular flexibility index (Phi) is 9.15. The standard InChI is InChI=1S/C20H31N7O.HI/c1-14(2)27-11-9-16(10-12-27)23-20(21-3)22-13-18-24-19(26-25-18)15-5-7-17(28-4)8-6-15;/h5-8,14,16H,9-13H2,1-4H3,(H2,21,22,23)(H,24,25,26);1H. The van der Waals surface area contributed by atoms with Crippen molar-refractivity contribution in [2.24, 2.45) is 4.99 Å². The second-order valence-electron chi connectivity index (χ2n) is 7.31. The number of rotatable bonds is 6. The van der Waals surface area contributed by atoms with Crippen LogP contribution in [0, 0.1) is 0 Å². The molecule has 0 unspecified atom stereocenters. The van der Waals surface area contributed by atoms with Gasteiger partial charge >= 0.3 is 0 Å². The number of nitrogens with zero attached hydrogens (tertiary/aromatic N) is 4. The number of hydrogen-bond acceptors (Lipinski definition) is 5. The molecule has 2 aromatic rings. The van der Waals surface area contributed by atoms with E-state index in [2.05, 4.69) is 49.6 Å². The SMILES string of the molecule is CN=C(NCc1nc(-c2ccc(OC)cc2)n[nH]1)NC1CCN(C(C)C)CC1.I. The van der Waals surface area contributed by atoms with Crippen LogP contribution in [0.25, 0.3) is 11.4 Å². The minimum atomic E-state index is 0. The molecule has 0 aliphatic carbocycles. The zero-order valence-corrected chi connectivity index (χ0v) is 19.9. The molecule has 9 heteroatoms. The van der Waals surface area contributed by atoms with Crippen molar-refractivity contribution in [3.63, 3.8) is 0 Å². The number of piperidine rings is 1. The molecule has 1 aliphatic heterocycles. The number of methoxy groups -OCH3 is 1. The van der Waals surface area contributed by atoms with Gasteiger partial charge in [-0.1, -0.05) is 0 Å². The van der Waals surface area contributed by atoms with Crippen LogP contribution >= 0.6 is 24.0 Å². The molecule has 1 saturated heterocycles. The van der Waals surface area contributed by atoms with Crippen molar-refractivity contribution in [1.82, 2.24) is 30.7 Å². The van der Waals surface area contributed by atoms with Crippen LogP contribution in [0.15, 0.2) is 29.3 Å². The van der Waals surface area contributed by atoms with Gasteiger partial charge in [-0.2, -0.15) is 5.10 Å². The summed E-state index contributed by atoms with van der Waals surface area (Å²) < 4.78 is 5.19. The summed E-state index contributed by atoms with van der Waals surface area (Å²) >= 11 is 0. The number of aromatic amines is 1. The molecule has 0 bridgehead atoms. The summed E-state index contributed by atoms with van der Waals surface area (Å²) in [6, 6.07) is 8.77. The lowest BCUT2D eigenvalue weighted by Crippen LogP contribution is -2.49. The van der Waals surface area contributed by atoms with Gasteiger partial charge in [-0.25, -0.2) is 4.98 Å². The van der Waals surface area contributed by atoms with Crippen molar-refractivity contribution in [2.75, 3.05) is 27.2 Å². The first-order valence-corrected chi connectivity index (χ1v) is 9.86. The minimum absolute atomic E-state index is 0. The van der Waals surface area contributed by atoms with E-state index in [4.69, 9.17) is 4.74 Å². The normalized spacial score (nSPS) is 15.8. The van der Waals surface area contributed by atoms with Crippen molar-refractivity contribution in [2.45, 2.75) is 45.3 Å². The van der Waals surface area contributed by atoms with Crippen LogP contribution in [-0.4, -0.2) is 65.4 Å². The molecule has 160 valence electrons. The maximum absolute atomic E-state index is 5.19. The monoisotopic (exact) mass is 513 g/mol. The van der Waals surface area contributed by atoms with E-state index in [-0.39, 0.29) is 24.0 Å². The van der Waals surface area contributed by atoms with Crippen molar-refractivity contribution in [1.29, 1.82) is 0 Å². The lowest BCUT2D eigenvalue weighted by molar-refractivity contribution is 0.167. The number of guanidine groups is 1. The Labute approximate surface area is 189 Å². The van der Waals surface area contributed by atoms with E-state index >= 15 is 0 Å². The number of nitrogens with one attached hydrogen (secondary N) is 3. The first-order valence-electron chi connectivity index (χ1n) is 9.86. The van der Waals surface area contributed by atoms with Gasteiger partial charge in [-0.05, 0) is 51.0 Å². The molecule has 8 nitrogen and oxygen atoms in total. The van der Waals surface area contributed by atoms with E-state index in [1.165, 1.54) is 0 Å². The summed E-state index contributed by atoms with van der Waals surface area (Å²) in [4.78, 5) is 11.4. The molecule has 1 aromatic carbocycles. The summed E-state index contributed by atoms with van der Waals surface area (Å²) in [5, 5.41) is 14.1. The molecule has 3 rings (SSSR count). The van der Waals surface area contributed by atoms with Gasteiger partial charge in [0.2, 0.25) is 0 Å². The van der Waals surface area contributed by atoms with Crippen molar-refractivity contribution >= 4 is 29.9 Å². The molecule has 0 radical (unpaired) electrons. The molecule has 0 amide bonds. The quantitative estimate of drug-likeness (QED) is 0.313. The molecule has 3 N–H and O–H groups in total. The smallest absolute Gasteiger partial charge is 0.191 e. The zero-order valence-electron chi connectivity index (χ0n) is 17.6. The second-order valence-corrected chi connectivity index (χ2v) is 7.31. The van der Waals surface area contributed by atoms with Gasteiger partial charge in [0.25, 0.3) is 0 Å². The lowest BCUT2D eigenvalue weighted by Gasteiger charge is -2.35. The molecule has 1 aliphatic rings. The Hall–Kier alpha value is -1.88. The number of hydrogen-bond donors (Lipinski definition) is 3. The average molecular weight is 513 g/mol. The summed E-state index contributed by atoms with van der Waals surface area (Å²) in [7, 11) is 3.45. The first-order chi connectivity index (χ1) is 13.6. The predicted octanol–water partition coefficient (Wildman–Crippen LogP) is 2.64. The Morgan fingerprint density at radius 3 is 2.55 bits per heavy atom. The van der Waals surface area contributed by atoms with Crippen molar-refractivity contribution in [3.05, 3.63) is 30.1 Å². The third kappa shape index (κ3) is 6.56. The summed E-state index contributed by atoms with van der Waals surface area (Å²) in [6.45, 7) is 7.30. The molecule has 1 aromatic heterocycles. The number of aromatic nitrogens is 3. The maximum Gasteiger partial charge on any atom is 0.191 e. The fraction of sp³-hybridized carbons (Fsp3) is 0.550. The fourth-order valence-electron chi connectivity index (χ4n) is 3.36. The van der Waals surface area contributed by atoms with Gasteiger partial charge < -0.3 is 20.3 Å². The maximum atomic E-state index is 5.19.